The molecule has 1 aromatic rings. The molecule has 1 fully saturated rings. The smallest absolute Gasteiger partial charge is 0.350 e. The predicted octanol–water partition coefficient (Wildman–Crippen LogP) is 1.92. The van der Waals surface area contributed by atoms with Crippen LogP contribution in [0.5, 0.6) is 0 Å². The molecular formula is C12H15F3N4O. The lowest BCUT2D eigenvalue weighted by atomic mass is 10.3. The number of nitrogens with one attached hydrogen (secondary N) is 1. The second-order valence-electron chi connectivity index (χ2n) is 4.59. The van der Waals surface area contributed by atoms with Gasteiger partial charge in [-0.1, -0.05) is 6.92 Å². The number of amides is 1. The van der Waals surface area contributed by atoms with E-state index < -0.39 is 11.9 Å². The van der Waals surface area contributed by atoms with Crippen LogP contribution in [-0.4, -0.2) is 39.9 Å². The lowest BCUT2D eigenvalue weighted by molar-refractivity contribution is -0.141. The Morgan fingerprint density at radius 1 is 1.55 bits per heavy atom. The summed E-state index contributed by atoms with van der Waals surface area (Å²) in [5, 5.41) is 2.85. The second-order valence-corrected chi connectivity index (χ2v) is 4.59. The molecule has 5 nitrogen and oxygen atoms in total. The third-order valence-corrected chi connectivity index (χ3v) is 3.12. The van der Waals surface area contributed by atoms with Crippen LogP contribution in [0.3, 0.4) is 0 Å². The minimum Gasteiger partial charge on any atom is -0.350 e. The molecule has 0 saturated carbocycles. The molecule has 1 aromatic heterocycles. The summed E-state index contributed by atoms with van der Waals surface area (Å²) in [5.74, 6) is -0.0186. The Balaban J connectivity index is 2.00. The van der Waals surface area contributed by atoms with E-state index in [1.807, 2.05) is 0 Å². The molecule has 2 heterocycles. The number of carbonyl (C=O) groups excluding carboxylic acids is 1. The summed E-state index contributed by atoms with van der Waals surface area (Å²) in [6.45, 7) is 2.84. The van der Waals surface area contributed by atoms with Crippen LogP contribution in [0.15, 0.2) is 12.3 Å². The van der Waals surface area contributed by atoms with Crippen LogP contribution < -0.4 is 5.32 Å². The fraction of sp³-hybridized carbons (Fsp3) is 0.583. The fourth-order valence-electron chi connectivity index (χ4n) is 2.10. The number of aromatic nitrogens is 2. The van der Waals surface area contributed by atoms with E-state index in [4.69, 9.17) is 0 Å². The number of halogens is 3. The van der Waals surface area contributed by atoms with E-state index in [1.165, 1.54) is 0 Å². The summed E-state index contributed by atoms with van der Waals surface area (Å²) in [7, 11) is 0. The molecule has 0 bridgehead atoms. The van der Waals surface area contributed by atoms with Crippen molar-refractivity contribution in [1.29, 1.82) is 0 Å². The van der Waals surface area contributed by atoms with E-state index in [0.717, 1.165) is 12.3 Å². The van der Waals surface area contributed by atoms with Crippen LogP contribution in [0, 0.1) is 0 Å². The van der Waals surface area contributed by atoms with Gasteiger partial charge in [0.05, 0.1) is 0 Å². The molecule has 8 heteroatoms. The molecule has 20 heavy (non-hydrogen) atoms. The van der Waals surface area contributed by atoms with Crippen molar-refractivity contribution >= 4 is 11.9 Å². The maximum atomic E-state index is 12.5. The van der Waals surface area contributed by atoms with Gasteiger partial charge in [-0.2, -0.15) is 13.2 Å². The van der Waals surface area contributed by atoms with Gasteiger partial charge in [-0.05, 0) is 12.5 Å². The molecule has 0 aromatic carbocycles. The summed E-state index contributed by atoms with van der Waals surface area (Å²) in [5.41, 5.74) is -0.977. The SMILES string of the molecule is CCC(=O)N1CCC(Nc2nccc(C(F)(F)F)n2)C1. The molecule has 0 spiro atoms. The third kappa shape index (κ3) is 3.37. The number of carbonyl (C=O) groups is 1. The largest absolute Gasteiger partial charge is 0.433 e. The van der Waals surface area contributed by atoms with Crippen LogP contribution in [0.4, 0.5) is 19.1 Å². The monoisotopic (exact) mass is 288 g/mol. The molecular weight excluding hydrogens is 273 g/mol. The van der Waals surface area contributed by atoms with Crippen molar-refractivity contribution in [2.45, 2.75) is 32.0 Å². The molecule has 1 atom stereocenters. The number of rotatable bonds is 3. The first-order valence-corrected chi connectivity index (χ1v) is 6.34. The zero-order chi connectivity index (χ0) is 14.8. The summed E-state index contributed by atoms with van der Waals surface area (Å²) in [4.78, 5) is 20.4. The predicted molar refractivity (Wildman–Crippen MR) is 65.9 cm³/mol. The zero-order valence-electron chi connectivity index (χ0n) is 10.9. The van der Waals surface area contributed by atoms with Gasteiger partial charge in [-0.15, -0.1) is 0 Å². The van der Waals surface area contributed by atoms with E-state index in [0.29, 0.717) is 25.9 Å². The van der Waals surface area contributed by atoms with Gasteiger partial charge in [-0.3, -0.25) is 4.79 Å². The number of anilines is 1. The van der Waals surface area contributed by atoms with Gasteiger partial charge in [0.2, 0.25) is 11.9 Å². The Morgan fingerprint density at radius 2 is 2.30 bits per heavy atom. The summed E-state index contributed by atoms with van der Waals surface area (Å²) in [6, 6.07) is 0.709. The Morgan fingerprint density at radius 3 is 2.95 bits per heavy atom. The maximum absolute atomic E-state index is 12.5. The van der Waals surface area contributed by atoms with E-state index in [9.17, 15) is 18.0 Å². The van der Waals surface area contributed by atoms with Crippen molar-refractivity contribution < 1.29 is 18.0 Å². The third-order valence-electron chi connectivity index (χ3n) is 3.12. The van der Waals surface area contributed by atoms with E-state index in [1.54, 1.807) is 11.8 Å². The minimum absolute atomic E-state index is 0.0410. The van der Waals surface area contributed by atoms with Crippen LogP contribution in [0.25, 0.3) is 0 Å². The van der Waals surface area contributed by atoms with Gasteiger partial charge in [0.1, 0.15) is 5.69 Å². The Kier molecular flexibility index (Phi) is 4.10. The maximum Gasteiger partial charge on any atom is 0.433 e. The normalized spacial score (nSPS) is 19.2. The Labute approximate surface area is 114 Å². The van der Waals surface area contributed by atoms with Crippen LogP contribution >= 0.6 is 0 Å². The first kappa shape index (κ1) is 14.5. The summed E-state index contributed by atoms with van der Waals surface area (Å²) >= 11 is 0. The molecule has 1 N–H and O–H groups in total. The van der Waals surface area contributed by atoms with Crippen molar-refractivity contribution in [3.05, 3.63) is 18.0 Å². The van der Waals surface area contributed by atoms with Crippen molar-refractivity contribution in [1.82, 2.24) is 14.9 Å². The van der Waals surface area contributed by atoms with Crippen LogP contribution in [-0.2, 0) is 11.0 Å². The quantitative estimate of drug-likeness (QED) is 0.923. The number of alkyl halides is 3. The van der Waals surface area contributed by atoms with Crippen molar-refractivity contribution in [3.8, 4) is 0 Å². The molecule has 1 unspecified atom stereocenters. The molecule has 2 rings (SSSR count). The zero-order valence-corrected chi connectivity index (χ0v) is 10.9. The highest BCUT2D eigenvalue weighted by atomic mass is 19.4. The average Bonchev–Trinajstić information content (AvgIpc) is 2.85. The van der Waals surface area contributed by atoms with Gasteiger partial charge in [0, 0.05) is 31.7 Å². The number of hydrogen-bond acceptors (Lipinski definition) is 4. The van der Waals surface area contributed by atoms with Crippen LogP contribution in [0.2, 0.25) is 0 Å². The highest BCUT2D eigenvalue weighted by molar-refractivity contribution is 5.76. The molecule has 0 aliphatic carbocycles. The van der Waals surface area contributed by atoms with Gasteiger partial charge < -0.3 is 10.2 Å². The second kappa shape index (κ2) is 5.64. The highest BCUT2D eigenvalue weighted by Gasteiger charge is 2.33. The van der Waals surface area contributed by atoms with E-state index >= 15 is 0 Å². The van der Waals surface area contributed by atoms with Crippen molar-refractivity contribution in [3.63, 3.8) is 0 Å². The Bertz CT molecular complexity index is 492. The standard InChI is InChI=1S/C12H15F3N4O/c1-2-10(20)19-6-4-8(7-19)17-11-16-5-3-9(18-11)12(13,14)15/h3,5,8H,2,4,6-7H2,1H3,(H,16,17,18). The first-order chi connectivity index (χ1) is 9.40. The number of nitrogens with zero attached hydrogens (tertiary/aromatic N) is 3. The van der Waals surface area contributed by atoms with Crippen molar-refractivity contribution in [2.24, 2.45) is 0 Å². The topological polar surface area (TPSA) is 58.1 Å². The minimum atomic E-state index is -4.49. The van der Waals surface area contributed by atoms with Gasteiger partial charge in [0.25, 0.3) is 0 Å². The lowest BCUT2D eigenvalue weighted by Crippen LogP contribution is -2.31. The van der Waals surface area contributed by atoms with Gasteiger partial charge in [0.15, 0.2) is 0 Å². The number of likely N-dealkylation sites (tertiary alicyclic amines) is 1. The van der Waals surface area contributed by atoms with Gasteiger partial charge in [-0.25, -0.2) is 9.97 Å². The molecule has 1 saturated heterocycles. The molecule has 110 valence electrons. The lowest BCUT2D eigenvalue weighted by Gasteiger charge is -2.16. The fourth-order valence-corrected chi connectivity index (χ4v) is 2.10. The highest BCUT2D eigenvalue weighted by Crippen LogP contribution is 2.27. The molecule has 1 aliphatic heterocycles. The molecule has 1 aliphatic rings. The Hall–Kier alpha value is -1.86. The van der Waals surface area contributed by atoms with E-state index in [-0.39, 0.29) is 17.9 Å². The molecule has 0 radical (unpaired) electrons. The summed E-state index contributed by atoms with van der Waals surface area (Å²) in [6.07, 6.45) is -2.32. The average molecular weight is 288 g/mol. The number of hydrogen-bond donors (Lipinski definition) is 1. The van der Waals surface area contributed by atoms with Crippen LogP contribution in [0.1, 0.15) is 25.5 Å². The first-order valence-electron chi connectivity index (χ1n) is 6.34. The van der Waals surface area contributed by atoms with E-state index in [2.05, 4.69) is 15.3 Å². The van der Waals surface area contributed by atoms with Gasteiger partial charge >= 0.3 is 6.18 Å². The summed E-state index contributed by atoms with van der Waals surface area (Å²) < 4.78 is 37.6. The van der Waals surface area contributed by atoms with Crippen molar-refractivity contribution in [2.75, 3.05) is 18.4 Å². The molecule has 1 amide bonds.